The molecule has 0 N–H and O–H groups in total. The summed E-state index contributed by atoms with van der Waals surface area (Å²) in [5.41, 5.74) is 1.92. The lowest BCUT2D eigenvalue weighted by atomic mass is 10.0. The molecular weight excluding hydrogens is 324 g/mol. The van der Waals surface area contributed by atoms with Crippen molar-refractivity contribution in [2.24, 2.45) is 0 Å². The maximum atomic E-state index is 12.7. The Kier molecular flexibility index (Phi) is 3.49. The Bertz CT molecular complexity index is 822. The van der Waals surface area contributed by atoms with E-state index in [-0.39, 0.29) is 30.3 Å². The Labute approximate surface area is 143 Å². The van der Waals surface area contributed by atoms with Crippen molar-refractivity contribution in [3.63, 3.8) is 0 Å². The van der Waals surface area contributed by atoms with Crippen molar-refractivity contribution in [3.8, 4) is 0 Å². The molecule has 4 rings (SSSR count). The molecule has 5 nitrogen and oxygen atoms in total. The van der Waals surface area contributed by atoms with Crippen LogP contribution in [0.2, 0.25) is 0 Å². The molecule has 0 radical (unpaired) electrons. The highest BCUT2D eigenvalue weighted by Crippen LogP contribution is 2.33. The second-order valence-corrected chi connectivity index (χ2v) is 7.05. The minimum Gasteiger partial charge on any atom is -0.334 e. The van der Waals surface area contributed by atoms with Gasteiger partial charge in [0.1, 0.15) is 6.54 Å². The van der Waals surface area contributed by atoms with Gasteiger partial charge in [-0.2, -0.15) is 0 Å². The van der Waals surface area contributed by atoms with Crippen LogP contribution in [0.3, 0.4) is 0 Å². The number of hydrogen-bond donors (Lipinski definition) is 0. The molecule has 1 aromatic heterocycles. The predicted octanol–water partition coefficient (Wildman–Crippen LogP) is 2.49. The third kappa shape index (κ3) is 2.17. The van der Waals surface area contributed by atoms with Crippen LogP contribution >= 0.6 is 11.3 Å². The minimum absolute atomic E-state index is 0.0253. The summed E-state index contributed by atoms with van der Waals surface area (Å²) in [7, 11) is 0. The Balaban J connectivity index is 1.54. The lowest BCUT2D eigenvalue weighted by Crippen LogP contribution is -2.45. The zero-order valence-electron chi connectivity index (χ0n) is 13.2. The Morgan fingerprint density at radius 3 is 2.50 bits per heavy atom. The number of hydrogen-bond acceptors (Lipinski definition) is 4. The van der Waals surface area contributed by atoms with E-state index in [4.69, 9.17) is 0 Å². The Hall–Kier alpha value is -2.47. The van der Waals surface area contributed by atoms with E-state index in [0.29, 0.717) is 17.7 Å². The van der Waals surface area contributed by atoms with Gasteiger partial charge >= 0.3 is 0 Å². The average Bonchev–Trinajstić information content (AvgIpc) is 3.15. The van der Waals surface area contributed by atoms with E-state index >= 15 is 0 Å². The molecule has 0 fully saturated rings. The molecule has 0 saturated heterocycles. The van der Waals surface area contributed by atoms with Crippen molar-refractivity contribution >= 4 is 29.1 Å². The highest BCUT2D eigenvalue weighted by Gasteiger charge is 2.38. The summed E-state index contributed by atoms with van der Waals surface area (Å²) in [6, 6.07) is 8.72. The monoisotopic (exact) mass is 340 g/mol. The van der Waals surface area contributed by atoms with Crippen LogP contribution in [-0.2, 0) is 11.2 Å². The normalized spacial score (nSPS) is 19.5. The Morgan fingerprint density at radius 2 is 1.83 bits per heavy atom. The molecule has 0 aliphatic carbocycles. The molecule has 24 heavy (non-hydrogen) atoms. The Morgan fingerprint density at radius 1 is 1.17 bits per heavy atom. The molecule has 0 unspecified atom stereocenters. The van der Waals surface area contributed by atoms with Gasteiger partial charge < -0.3 is 4.90 Å². The second kappa shape index (κ2) is 5.56. The first-order valence-corrected chi connectivity index (χ1v) is 8.77. The molecule has 0 bridgehead atoms. The topological polar surface area (TPSA) is 57.7 Å². The van der Waals surface area contributed by atoms with E-state index in [0.717, 1.165) is 11.3 Å². The van der Waals surface area contributed by atoms with Crippen molar-refractivity contribution in [1.29, 1.82) is 0 Å². The molecule has 0 spiro atoms. The second-order valence-electron chi connectivity index (χ2n) is 6.05. The van der Waals surface area contributed by atoms with E-state index in [1.165, 1.54) is 10.4 Å². The summed E-state index contributed by atoms with van der Waals surface area (Å²) in [5.74, 6) is -0.955. The summed E-state index contributed by atoms with van der Waals surface area (Å²) in [4.78, 5) is 41.7. The highest BCUT2D eigenvalue weighted by molar-refractivity contribution is 7.10. The first kappa shape index (κ1) is 15.1. The van der Waals surface area contributed by atoms with Crippen LogP contribution < -0.4 is 0 Å². The summed E-state index contributed by atoms with van der Waals surface area (Å²) >= 11 is 1.71. The maximum Gasteiger partial charge on any atom is 0.262 e. The van der Waals surface area contributed by atoms with E-state index in [2.05, 4.69) is 0 Å². The summed E-state index contributed by atoms with van der Waals surface area (Å²) in [6.07, 6.45) is 0.825. The third-order valence-corrected chi connectivity index (χ3v) is 5.77. The quantitative estimate of drug-likeness (QED) is 0.789. The predicted molar refractivity (Wildman–Crippen MR) is 90.0 cm³/mol. The summed E-state index contributed by atoms with van der Waals surface area (Å²) in [5, 5.41) is 2.04. The summed E-state index contributed by atoms with van der Waals surface area (Å²) < 4.78 is 0. The van der Waals surface area contributed by atoms with Crippen LogP contribution in [0.1, 0.15) is 44.1 Å². The number of fused-ring (bicyclic) bond motifs is 2. The minimum atomic E-state index is -0.384. The van der Waals surface area contributed by atoms with Crippen LogP contribution in [0.5, 0.6) is 0 Å². The van der Waals surface area contributed by atoms with Crippen molar-refractivity contribution in [1.82, 2.24) is 9.80 Å². The van der Waals surface area contributed by atoms with Gasteiger partial charge in [0.2, 0.25) is 5.91 Å². The molecule has 3 heterocycles. The summed E-state index contributed by atoms with van der Waals surface area (Å²) in [6.45, 7) is 2.41. The first-order valence-electron chi connectivity index (χ1n) is 7.89. The average molecular weight is 340 g/mol. The third-order valence-electron chi connectivity index (χ3n) is 4.77. The molecule has 0 saturated carbocycles. The van der Waals surface area contributed by atoms with Gasteiger partial charge in [-0.05, 0) is 42.5 Å². The number of benzene rings is 1. The molecule has 2 aromatic rings. The van der Waals surface area contributed by atoms with Gasteiger partial charge in [-0.3, -0.25) is 19.3 Å². The van der Waals surface area contributed by atoms with Gasteiger partial charge in [-0.15, -0.1) is 11.3 Å². The van der Waals surface area contributed by atoms with Gasteiger partial charge in [0.15, 0.2) is 0 Å². The number of rotatable bonds is 2. The molecule has 2 aliphatic heterocycles. The molecule has 6 heteroatoms. The lowest BCUT2D eigenvalue weighted by molar-refractivity contribution is -0.134. The van der Waals surface area contributed by atoms with Crippen LogP contribution in [0.4, 0.5) is 0 Å². The molecule has 2 aliphatic rings. The molecular formula is C18H16N2O3S. The number of carbonyl (C=O) groups excluding carboxylic acids is 3. The number of carbonyl (C=O) groups is 3. The van der Waals surface area contributed by atoms with Crippen molar-refractivity contribution in [3.05, 3.63) is 57.3 Å². The van der Waals surface area contributed by atoms with Crippen LogP contribution in [0.15, 0.2) is 35.7 Å². The van der Waals surface area contributed by atoms with Crippen molar-refractivity contribution in [2.75, 3.05) is 13.1 Å². The zero-order chi connectivity index (χ0) is 16.8. The largest absolute Gasteiger partial charge is 0.334 e. The van der Waals surface area contributed by atoms with Crippen LogP contribution in [-0.4, -0.2) is 40.6 Å². The van der Waals surface area contributed by atoms with E-state index in [1.807, 2.05) is 18.4 Å². The smallest absolute Gasteiger partial charge is 0.262 e. The zero-order valence-corrected chi connectivity index (χ0v) is 14.0. The van der Waals surface area contributed by atoms with Gasteiger partial charge in [-0.25, -0.2) is 0 Å². The van der Waals surface area contributed by atoms with E-state index < -0.39 is 0 Å². The van der Waals surface area contributed by atoms with Crippen LogP contribution in [0.25, 0.3) is 0 Å². The van der Waals surface area contributed by atoms with Gasteiger partial charge in [-0.1, -0.05) is 12.1 Å². The number of imide groups is 1. The van der Waals surface area contributed by atoms with E-state index in [9.17, 15) is 14.4 Å². The number of amides is 3. The maximum absolute atomic E-state index is 12.7. The molecule has 122 valence electrons. The molecule has 1 aromatic carbocycles. The molecule has 1 atom stereocenters. The van der Waals surface area contributed by atoms with Gasteiger partial charge in [0, 0.05) is 11.4 Å². The fraction of sp³-hybridized carbons (Fsp3) is 0.278. The van der Waals surface area contributed by atoms with E-state index in [1.54, 1.807) is 40.5 Å². The fourth-order valence-corrected chi connectivity index (χ4v) is 4.42. The lowest BCUT2D eigenvalue weighted by Gasteiger charge is -2.34. The fourth-order valence-electron chi connectivity index (χ4n) is 3.46. The number of nitrogens with zero attached hydrogens (tertiary/aromatic N) is 2. The van der Waals surface area contributed by atoms with Gasteiger partial charge in [0.25, 0.3) is 11.8 Å². The molecule has 3 amide bonds. The highest BCUT2D eigenvalue weighted by atomic mass is 32.1. The first-order chi connectivity index (χ1) is 11.6. The van der Waals surface area contributed by atoms with Crippen molar-refractivity contribution in [2.45, 2.75) is 19.4 Å². The van der Waals surface area contributed by atoms with Gasteiger partial charge in [0.05, 0.1) is 17.2 Å². The standard InChI is InChI=1S/C18H16N2O3S/c1-11-12-7-9-24-15(12)6-8-19(11)16(21)10-20-17(22)13-4-2-3-5-14(13)18(20)23/h2-5,7,9,11H,6,8,10H2,1H3/t11-/m0/s1. The SMILES string of the molecule is C[C@H]1c2ccsc2CCN1C(=O)CN1C(=O)c2ccccc2C1=O. The van der Waals surface area contributed by atoms with Crippen LogP contribution in [0, 0.1) is 0 Å². The van der Waals surface area contributed by atoms with Crippen molar-refractivity contribution < 1.29 is 14.4 Å². The number of thiophene rings is 1.